The molecule has 1 fully saturated rings. The maximum absolute atomic E-state index is 11.9. The number of carboxylic acid groups (broad SMARTS) is 1. The molecule has 2 aliphatic rings. The Bertz CT molecular complexity index is 649. The molecule has 3 rings (SSSR count). The van der Waals surface area contributed by atoms with Crippen LogP contribution in [-0.4, -0.2) is 16.2 Å². The fourth-order valence-corrected chi connectivity index (χ4v) is 5.24. The summed E-state index contributed by atoms with van der Waals surface area (Å²) in [5.74, 6) is 0.127. The molecule has 1 aromatic carbocycles. The molecule has 0 amide bonds. The van der Waals surface area contributed by atoms with Gasteiger partial charge in [-0.2, -0.15) is 0 Å². The Kier molecular flexibility index (Phi) is 3.74. The number of aliphatic carboxylic acids is 1. The highest BCUT2D eigenvalue weighted by molar-refractivity contribution is 5.75. The molecule has 0 heterocycles. The van der Waals surface area contributed by atoms with Gasteiger partial charge in [0.15, 0.2) is 0 Å². The van der Waals surface area contributed by atoms with Gasteiger partial charge in [0.1, 0.15) is 5.75 Å². The van der Waals surface area contributed by atoms with Crippen molar-refractivity contribution in [2.24, 2.45) is 11.3 Å². The molecular weight excluding hydrogens is 288 g/mol. The van der Waals surface area contributed by atoms with Gasteiger partial charge in [0.05, 0.1) is 5.41 Å². The molecular formula is C20H28O3. The van der Waals surface area contributed by atoms with Crippen molar-refractivity contribution in [3.05, 3.63) is 28.8 Å². The van der Waals surface area contributed by atoms with Gasteiger partial charge in [-0.05, 0) is 72.6 Å². The summed E-state index contributed by atoms with van der Waals surface area (Å²) in [4.78, 5) is 11.9. The van der Waals surface area contributed by atoms with E-state index in [0.29, 0.717) is 11.7 Å². The normalized spacial score (nSPS) is 33.2. The second-order valence-electron chi connectivity index (χ2n) is 8.31. The van der Waals surface area contributed by atoms with Crippen molar-refractivity contribution in [2.45, 2.75) is 71.1 Å². The third kappa shape index (κ3) is 2.28. The Morgan fingerprint density at radius 1 is 1.26 bits per heavy atom. The molecule has 0 aromatic heterocycles. The highest BCUT2D eigenvalue weighted by Crippen LogP contribution is 2.58. The van der Waals surface area contributed by atoms with Gasteiger partial charge < -0.3 is 10.2 Å². The Morgan fingerprint density at radius 2 is 1.96 bits per heavy atom. The summed E-state index contributed by atoms with van der Waals surface area (Å²) in [5.41, 5.74) is 2.69. The van der Waals surface area contributed by atoms with Crippen LogP contribution in [0.5, 0.6) is 5.75 Å². The van der Waals surface area contributed by atoms with E-state index in [1.165, 1.54) is 11.1 Å². The van der Waals surface area contributed by atoms with Gasteiger partial charge >= 0.3 is 5.97 Å². The lowest BCUT2D eigenvalue weighted by molar-refractivity contribution is -0.157. The maximum Gasteiger partial charge on any atom is 0.309 e. The van der Waals surface area contributed by atoms with Crippen LogP contribution in [0.15, 0.2) is 12.1 Å². The molecule has 0 aliphatic heterocycles. The van der Waals surface area contributed by atoms with Gasteiger partial charge in [-0.1, -0.05) is 33.3 Å². The maximum atomic E-state index is 11.9. The number of benzene rings is 1. The number of hydrogen-bond donors (Lipinski definition) is 2. The molecule has 126 valence electrons. The predicted octanol–water partition coefficient (Wildman–Crippen LogP) is 4.61. The fraction of sp³-hybridized carbons (Fsp3) is 0.650. The van der Waals surface area contributed by atoms with Crippen LogP contribution in [0.4, 0.5) is 0 Å². The molecule has 3 nitrogen and oxygen atoms in total. The monoisotopic (exact) mass is 316 g/mol. The van der Waals surface area contributed by atoms with Crippen LogP contribution in [0.3, 0.4) is 0 Å². The van der Waals surface area contributed by atoms with Gasteiger partial charge in [-0.15, -0.1) is 0 Å². The van der Waals surface area contributed by atoms with E-state index in [4.69, 9.17) is 0 Å². The third-order valence-corrected chi connectivity index (χ3v) is 6.61. The molecule has 1 aromatic rings. The van der Waals surface area contributed by atoms with E-state index in [1.807, 2.05) is 13.0 Å². The van der Waals surface area contributed by atoms with Crippen LogP contribution >= 0.6 is 0 Å². The first-order valence-corrected chi connectivity index (χ1v) is 8.80. The standard InChI is InChI=1S/C20H28O3/c1-12(2)14-10-13-6-7-17-19(3,15(13)11-16(14)21)8-5-9-20(17,4)18(22)23/h10-12,17,21H,5-9H2,1-4H3,(H,22,23)/t17-,19+,20+/m1/s1. The van der Waals surface area contributed by atoms with Gasteiger partial charge in [-0.3, -0.25) is 4.79 Å². The van der Waals surface area contributed by atoms with Crippen molar-refractivity contribution in [1.82, 2.24) is 0 Å². The van der Waals surface area contributed by atoms with Crippen LogP contribution in [-0.2, 0) is 16.6 Å². The average Bonchev–Trinajstić information content (AvgIpc) is 2.46. The second kappa shape index (κ2) is 5.25. The van der Waals surface area contributed by atoms with Crippen LogP contribution in [0, 0.1) is 11.3 Å². The molecule has 3 heteroatoms. The van der Waals surface area contributed by atoms with Gasteiger partial charge in [0.25, 0.3) is 0 Å². The Morgan fingerprint density at radius 3 is 2.57 bits per heavy atom. The van der Waals surface area contributed by atoms with Crippen LogP contribution in [0.2, 0.25) is 0 Å². The minimum Gasteiger partial charge on any atom is -0.508 e. The van der Waals surface area contributed by atoms with E-state index in [9.17, 15) is 15.0 Å². The van der Waals surface area contributed by atoms with Crippen LogP contribution < -0.4 is 0 Å². The highest BCUT2D eigenvalue weighted by atomic mass is 16.4. The van der Waals surface area contributed by atoms with Crippen molar-refractivity contribution in [3.63, 3.8) is 0 Å². The largest absolute Gasteiger partial charge is 0.508 e. The SMILES string of the molecule is CC(C)c1cc2c(cc1O)[C@]1(C)CCC[C@](C)(C(=O)O)[C@@H]1CC2. The Labute approximate surface area is 138 Å². The lowest BCUT2D eigenvalue weighted by atomic mass is 9.49. The molecule has 1 saturated carbocycles. The van der Waals surface area contributed by atoms with Crippen molar-refractivity contribution in [2.75, 3.05) is 0 Å². The number of phenols is 1. The number of rotatable bonds is 2. The van der Waals surface area contributed by atoms with Crippen molar-refractivity contribution < 1.29 is 15.0 Å². The van der Waals surface area contributed by atoms with E-state index in [-0.39, 0.29) is 11.3 Å². The summed E-state index contributed by atoms with van der Waals surface area (Å²) >= 11 is 0. The highest BCUT2D eigenvalue weighted by Gasteiger charge is 2.55. The molecule has 2 aliphatic carbocycles. The smallest absolute Gasteiger partial charge is 0.309 e. The summed E-state index contributed by atoms with van der Waals surface area (Å²) in [6, 6.07) is 4.09. The minimum atomic E-state index is -0.667. The first-order valence-electron chi connectivity index (χ1n) is 8.80. The fourth-order valence-electron chi connectivity index (χ4n) is 5.24. The summed E-state index contributed by atoms with van der Waals surface area (Å²) in [7, 11) is 0. The zero-order chi connectivity index (χ0) is 17.0. The summed E-state index contributed by atoms with van der Waals surface area (Å²) in [5, 5.41) is 20.3. The second-order valence-corrected chi connectivity index (χ2v) is 8.31. The number of aromatic hydroxyl groups is 1. The Hall–Kier alpha value is -1.51. The van der Waals surface area contributed by atoms with E-state index in [2.05, 4.69) is 26.8 Å². The first-order chi connectivity index (χ1) is 10.7. The van der Waals surface area contributed by atoms with E-state index in [0.717, 1.165) is 37.7 Å². The molecule has 0 bridgehead atoms. The summed E-state index contributed by atoms with van der Waals surface area (Å²) in [6.07, 6.45) is 4.54. The summed E-state index contributed by atoms with van der Waals surface area (Å²) < 4.78 is 0. The quantitative estimate of drug-likeness (QED) is 0.837. The van der Waals surface area contributed by atoms with E-state index >= 15 is 0 Å². The minimum absolute atomic E-state index is 0.137. The van der Waals surface area contributed by atoms with Crippen molar-refractivity contribution >= 4 is 5.97 Å². The summed E-state index contributed by atoms with van der Waals surface area (Å²) in [6.45, 7) is 8.32. The van der Waals surface area contributed by atoms with Gasteiger partial charge in [0, 0.05) is 0 Å². The lowest BCUT2D eigenvalue weighted by Gasteiger charge is -2.53. The van der Waals surface area contributed by atoms with Gasteiger partial charge in [-0.25, -0.2) is 0 Å². The average molecular weight is 316 g/mol. The zero-order valence-electron chi connectivity index (χ0n) is 14.6. The number of carbonyl (C=O) groups is 1. The lowest BCUT2D eigenvalue weighted by Crippen LogP contribution is -2.52. The van der Waals surface area contributed by atoms with Gasteiger partial charge in [0.2, 0.25) is 0 Å². The molecule has 0 spiro atoms. The predicted molar refractivity (Wildman–Crippen MR) is 91.0 cm³/mol. The number of phenolic OH excluding ortho intramolecular Hbond substituents is 1. The zero-order valence-corrected chi connectivity index (χ0v) is 14.6. The number of fused-ring (bicyclic) bond motifs is 3. The first kappa shape index (κ1) is 16.4. The third-order valence-electron chi connectivity index (χ3n) is 6.61. The topological polar surface area (TPSA) is 57.5 Å². The van der Waals surface area contributed by atoms with Crippen molar-refractivity contribution in [3.8, 4) is 5.75 Å². The Balaban J connectivity index is 2.13. The molecule has 0 saturated heterocycles. The molecule has 0 radical (unpaired) electrons. The van der Waals surface area contributed by atoms with E-state index in [1.54, 1.807) is 0 Å². The van der Waals surface area contributed by atoms with E-state index < -0.39 is 11.4 Å². The molecule has 0 unspecified atom stereocenters. The van der Waals surface area contributed by atoms with Crippen molar-refractivity contribution in [1.29, 1.82) is 0 Å². The number of aryl methyl sites for hydroxylation is 1. The molecule has 3 atom stereocenters. The molecule has 23 heavy (non-hydrogen) atoms. The van der Waals surface area contributed by atoms with Crippen LogP contribution in [0.1, 0.15) is 76.0 Å². The number of carboxylic acids is 1. The van der Waals surface area contributed by atoms with Crippen LogP contribution in [0.25, 0.3) is 0 Å². The molecule has 2 N–H and O–H groups in total. The number of hydrogen-bond acceptors (Lipinski definition) is 2.